The minimum Gasteiger partial charge on any atom is -0.295 e. The molecule has 0 spiro atoms. The van der Waals surface area contributed by atoms with Gasteiger partial charge >= 0.3 is 0 Å². The molecular weight excluding hydrogens is 142 g/mol. The molecule has 0 atom stereocenters. The van der Waals surface area contributed by atoms with Crippen molar-refractivity contribution in [2.24, 2.45) is 0 Å². The number of carbonyl (C=O) groups is 1. The van der Waals surface area contributed by atoms with E-state index in [1.165, 1.54) is 6.92 Å². The third-order valence-corrected chi connectivity index (χ3v) is 1.08. The predicted octanol–water partition coefficient (Wildman–Crippen LogP) is 0.743. The fourth-order valence-electron chi connectivity index (χ4n) is 0.667. The van der Waals surface area contributed by atoms with Crippen LogP contribution >= 0.6 is 0 Å². The van der Waals surface area contributed by atoms with Crippen molar-refractivity contribution in [1.29, 1.82) is 0 Å². The van der Waals surface area contributed by atoms with Crippen molar-refractivity contribution in [3.05, 3.63) is 18.0 Å². The maximum Gasteiger partial charge on any atom is 0.229 e. The zero-order valence-electron chi connectivity index (χ0n) is 6.46. The lowest BCUT2D eigenvalue weighted by molar-refractivity contribution is -0.114. The highest BCUT2D eigenvalue weighted by Crippen LogP contribution is 1.97. The molecule has 0 aliphatic heterocycles. The predicted molar refractivity (Wildman–Crippen MR) is 41.1 cm³/mol. The monoisotopic (exact) mass is 151 g/mol. The van der Waals surface area contributed by atoms with E-state index in [1.807, 2.05) is 6.92 Å². The van der Waals surface area contributed by atoms with Crippen LogP contribution in [0.1, 0.15) is 12.6 Å². The number of aryl methyl sites for hydroxylation is 1. The third kappa shape index (κ3) is 2.33. The first-order chi connectivity index (χ1) is 5.18. The van der Waals surface area contributed by atoms with Gasteiger partial charge in [-0.25, -0.2) is 9.97 Å². The molecule has 0 aliphatic rings. The van der Waals surface area contributed by atoms with Gasteiger partial charge in [-0.15, -0.1) is 0 Å². The van der Waals surface area contributed by atoms with Crippen molar-refractivity contribution < 1.29 is 4.79 Å². The Morgan fingerprint density at radius 1 is 1.64 bits per heavy atom. The summed E-state index contributed by atoms with van der Waals surface area (Å²) in [6.07, 6.45) is 1.60. The second-order valence-corrected chi connectivity index (χ2v) is 2.20. The Morgan fingerprint density at radius 2 is 2.36 bits per heavy atom. The van der Waals surface area contributed by atoms with E-state index in [-0.39, 0.29) is 5.91 Å². The molecule has 4 heteroatoms. The number of hydrogen-bond donors (Lipinski definition) is 1. The Bertz CT molecular complexity index is 272. The molecular formula is C7H9N3O. The van der Waals surface area contributed by atoms with Gasteiger partial charge in [0.25, 0.3) is 0 Å². The number of carbonyl (C=O) groups excluding carboxylic acids is 1. The van der Waals surface area contributed by atoms with E-state index >= 15 is 0 Å². The van der Waals surface area contributed by atoms with Gasteiger partial charge in [0, 0.05) is 18.8 Å². The number of nitrogens with one attached hydrogen (secondary N) is 1. The second kappa shape index (κ2) is 3.09. The highest BCUT2D eigenvalue weighted by Gasteiger charge is 1.96. The van der Waals surface area contributed by atoms with Gasteiger partial charge in [-0.05, 0) is 13.0 Å². The van der Waals surface area contributed by atoms with E-state index in [1.54, 1.807) is 12.3 Å². The summed E-state index contributed by atoms with van der Waals surface area (Å²) in [5, 5.41) is 2.48. The molecule has 1 aromatic rings. The second-order valence-electron chi connectivity index (χ2n) is 2.20. The highest BCUT2D eigenvalue weighted by molar-refractivity contribution is 5.86. The maximum atomic E-state index is 10.5. The van der Waals surface area contributed by atoms with Gasteiger partial charge in [-0.3, -0.25) is 10.1 Å². The Labute approximate surface area is 64.7 Å². The fourth-order valence-corrected chi connectivity index (χ4v) is 0.667. The van der Waals surface area contributed by atoms with Crippen molar-refractivity contribution in [2.75, 3.05) is 5.32 Å². The van der Waals surface area contributed by atoms with Gasteiger partial charge in [0.05, 0.1) is 0 Å². The number of nitrogens with zero attached hydrogens (tertiary/aromatic N) is 2. The summed E-state index contributed by atoms with van der Waals surface area (Å²) in [7, 11) is 0. The number of amides is 1. The molecule has 1 rings (SSSR count). The minimum absolute atomic E-state index is 0.157. The van der Waals surface area contributed by atoms with Crippen LogP contribution in [0.25, 0.3) is 0 Å². The van der Waals surface area contributed by atoms with E-state index in [0.717, 1.165) is 5.69 Å². The largest absolute Gasteiger partial charge is 0.295 e. The molecule has 1 aromatic heterocycles. The van der Waals surface area contributed by atoms with Crippen LogP contribution < -0.4 is 5.32 Å². The molecule has 0 unspecified atom stereocenters. The van der Waals surface area contributed by atoms with Crippen LogP contribution in [0.4, 0.5) is 5.95 Å². The first-order valence-electron chi connectivity index (χ1n) is 3.26. The standard InChI is InChI=1S/C7H9N3O/c1-5-3-4-8-7(9-5)10-6(2)11/h3-4H,1-2H3,(H,8,9,10,11). The lowest BCUT2D eigenvalue weighted by atomic mass is 10.5. The SMILES string of the molecule is CC(=O)Nc1nccc(C)n1. The summed E-state index contributed by atoms with van der Waals surface area (Å²) in [6, 6.07) is 1.77. The molecule has 0 fully saturated rings. The molecule has 0 bridgehead atoms. The lowest BCUT2D eigenvalue weighted by Gasteiger charge is -1.98. The summed E-state index contributed by atoms with van der Waals surface area (Å²) in [5.41, 5.74) is 0.837. The van der Waals surface area contributed by atoms with Gasteiger partial charge in [0.15, 0.2) is 0 Å². The van der Waals surface area contributed by atoms with E-state index < -0.39 is 0 Å². The molecule has 0 aliphatic carbocycles. The van der Waals surface area contributed by atoms with Crippen LogP contribution in [0.5, 0.6) is 0 Å². The summed E-state index contributed by atoms with van der Waals surface area (Å²) in [6.45, 7) is 3.26. The number of hydrogen-bond acceptors (Lipinski definition) is 3. The molecule has 0 saturated heterocycles. The number of rotatable bonds is 1. The maximum absolute atomic E-state index is 10.5. The Morgan fingerprint density at radius 3 is 2.91 bits per heavy atom. The summed E-state index contributed by atoms with van der Waals surface area (Å²) < 4.78 is 0. The van der Waals surface area contributed by atoms with Crippen LogP contribution in [0.3, 0.4) is 0 Å². The summed E-state index contributed by atoms with van der Waals surface area (Å²) >= 11 is 0. The van der Waals surface area contributed by atoms with Gasteiger partial charge in [0.2, 0.25) is 11.9 Å². The van der Waals surface area contributed by atoms with Crippen molar-refractivity contribution >= 4 is 11.9 Å². The third-order valence-electron chi connectivity index (χ3n) is 1.08. The van der Waals surface area contributed by atoms with Gasteiger partial charge in [-0.1, -0.05) is 0 Å². The number of anilines is 1. The quantitative estimate of drug-likeness (QED) is 0.644. The van der Waals surface area contributed by atoms with Crippen molar-refractivity contribution in [3.63, 3.8) is 0 Å². The van der Waals surface area contributed by atoms with Crippen molar-refractivity contribution in [3.8, 4) is 0 Å². The first kappa shape index (κ1) is 7.65. The molecule has 1 amide bonds. The zero-order valence-corrected chi connectivity index (χ0v) is 6.46. The normalized spacial score (nSPS) is 9.27. The summed E-state index contributed by atoms with van der Waals surface area (Å²) in [4.78, 5) is 18.3. The Balaban J connectivity index is 2.79. The van der Waals surface area contributed by atoms with E-state index in [4.69, 9.17) is 0 Å². The molecule has 58 valence electrons. The minimum atomic E-state index is -0.157. The van der Waals surface area contributed by atoms with Crippen molar-refractivity contribution in [2.45, 2.75) is 13.8 Å². The first-order valence-corrected chi connectivity index (χ1v) is 3.26. The molecule has 0 saturated carbocycles. The molecule has 1 N–H and O–H groups in total. The molecule has 0 aromatic carbocycles. The molecule has 4 nitrogen and oxygen atoms in total. The van der Waals surface area contributed by atoms with Crippen molar-refractivity contribution in [1.82, 2.24) is 9.97 Å². The van der Waals surface area contributed by atoms with Crippen LogP contribution in [0.2, 0.25) is 0 Å². The Hall–Kier alpha value is -1.45. The number of aromatic nitrogens is 2. The van der Waals surface area contributed by atoms with Crippen LogP contribution in [0, 0.1) is 6.92 Å². The zero-order chi connectivity index (χ0) is 8.27. The van der Waals surface area contributed by atoms with Gasteiger partial charge in [0.1, 0.15) is 0 Å². The molecule has 11 heavy (non-hydrogen) atoms. The average Bonchev–Trinajstić information content (AvgIpc) is 1.85. The lowest BCUT2D eigenvalue weighted by Crippen LogP contribution is -2.09. The summed E-state index contributed by atoms with van der Waals surface area (Å²) in [5.74, 6) is 0.202. The van der Waals surface area contributed by atoms with Crippen LogP contribution in [-0.4, -0.2) is 15.9 Å². The van der Waals surface area contributed by atoms with Gasteiger partial charge in [-0.2, -0.15) is 0 Å². The van der Waals surface area contributed by atoms with Crippen LogP contribution in [-0.2, 0) is 4.79 Å². The molecule has 1 heterocycles. The Kier molecular flexibility index (Phi) is 2.15. The van der Waals surface area contributed by atoms with Crippen LogP contribution in [0.15, 0.2) is 12.3 Å². The fraction of sp³-hybridized carbons (Fsp3) is 0.286. The van der Waals surface area contributed by atoms with E-state index in [2.05, 4.69) is 15.3 Å². The average molecular weight is 151 g/mol. The van der Waals surface area contributed by atoms with E-state index in [0.29, 0.717) is 5.95 Å². The van der Waals surface area contributed by atoms with E-state index in [9.17, 15) is 4.79 Å². The van der Waals surface area contributed by atoms with Gasteiger partial charge < -0.3 is 0 Å². The molecule has 0 radical (unpaired) electrons. The smallest absolute Gasteiger partial charge is 0.229 e. The topological polar surface area (TPSA) is 54.9 Å². The highest BCUT2D eigenvalue weighted by atomic mass is 16.1.